The maximum absolute atomic E-state index is 13.1. The van der Waals surface area contributed by atoms with E-state index in [1.807, 2.05) is 0 Å². The van der Waals surface area contributed by atoms with Crippen LogP contribution in [-0.2, 0) is 0 Å². The summed E-state index contributed by atoms with van der Waals surface area (Å²) in [5.41, 5.74) is 5.34. The zero-order valence-corrected chi connectivity index (χ0v) is 9.38. The molecule has 1 aromatic rings. The van der Waals surface area contributed by atoms with Gasteiger partial charge >= 0.3 is 0 Å². The summed E-state index contributed by atoms with van der Waals surface area (Å²) in [5.74, 6) is -0.798. The van der Waals surface area contributed by atoms with Gasteiger partial charge in [-0.25, -0.2) is 13.2 Å². The van der Waals surface area contributed by atoms with Gasteiger partial charge in [-0.05, 0) is 18.6 Å². The number of hydrogen-bond acceptors (Lipinski definition) is 1. The number of aryl methyl sites for hydroxylation is 1. The maximum atomic E-state index is 13.1. The smallest absolute Gasteiger partial charge is 0.257 e. The predicted octanol–water partition coefficient (Wildman–Crippen LogP) is 3.47. The van der Waals surface area contributed by atoms with Crippen LogP contribution >= 0.6 is 24.0 Å². The van der Waals surface area contributed by atoms with Gasteiger partial charge in [-0.2, -0.15) is 0 Å². The van der Waals surface area contributed by atoms with E-state index in [0.29, 0.717) is 5.56 Å². The van der Waals surface area contributed by atoms with Crippen molar-refractivity contribution in [3.8, 4) is 0 Å². The Labute approximate surface area is 96.8 Å². The molecule has 6 heteroatoms. The third-order valence-electron chi connectivity index (χ3n) is 1.92. The topological polar surface area (TPSA) is 26.0 Å². The molecular formula is C9H10Cl2F3N. The zero-order valence-electron chi connectivity index (χ0n) is 7.81. The summed E-state index contributed by atoms with van der Waals surface area (Å²) in [6.45, 7) is 1.60. The van der Waals surface area contributed by atoms with Gasteiger partial charge < -0.3 is 5.73 Å². The van der Waals surface area contributed by atoms with Crippen LogP contribution in [0.3, 0.4) is 0 Å². The fourth-order valence-corrected chi connectivity index (χ4v) is 1.39. The first-order valence-corrected chi connectivity index (χ1v) is 4.31. The van der Waals surface area contributed by atoms with Crippen LogP contribution < -0.4 is 5.73 Å². The van der Waals surface area contributed by atoms with Crippen LogP contribution in [0, 0.1) is 12.7 Å². The highest BCUT2D eigenvalue weighted by atomic mass is 35.5. The molecule has 2 N–H and O–H groups in total. The lowest BCUT2D eigenvalue weighted by Crippen LogP contribution is -2.21. The van der Waals surface area contributed by atoms with Crippen molar-refractivity contribution in [2.24, 2.45) is 5.73 Å². The molecule has 1 atom stereocenters. The normalized spacial score (nSPS) is 12.5. The summed E-state index contributed by atoms with van der Waals surface area (Å²) in [5, 5.41) is -0.0298. The summed E-state index contributed by atoms with van der Waals surface area (Å²) in [6.07, 6.45) is -2.83. The third kappa shape index (κ3) is 3.00. The largest absolute Gasteiger partial charge is 0.319 e. The molecular weight excluding hydrogens is 250 g/mol. The molecule has 0 bridgehead atoms. The lowest BCUT2D eigenvalue weighted by atomic mass is 10.0. The molecule has 0 fully saturated rings. The van der Waals surface area contributed by atoms with Crippen LogP contribution in [0.5, 0.6) is 0 Å². The highest BCUT2D eigenvalue weighted by molar-refractivity contribution is 6.32. The summed E-state index contributed by atoms with van der Waals surface area (Å²) in [4.78, 5) is 0. The lowest BCUT2D eigenvalue weighted by molar-refractivity contribution is 0.115. The zero-order chi connectivity index (χ0) is 10.9. The maximum Gasteiger partial charge on any atom is 0.257 e. The first-order valence-electron chi connectivity index (χ1n) is 3.93. The summed E-state index contributed by atoms with van der Waals surface area (Å²) in [7, 11) is 0. The Bertz CT molecular complexity index is 344. The van der Waals surface area contributed by atoms with Crippen molar-refractivity contribution in [3.05, 3.63) is 34.1 Å². The highest BCUT2D eigenvalue weighted by Crippen LogP contribution is 2.30. The molecule has 0 radical (unpaired) electrons. The standard InChI is InChI=1S/C9H9ClF3N.ClH/c1-4-2-3-5(11)6(7(4)10)8(14)9(12)13;/h2-3,8-9H,14H2,1H3;1H/t8-;/m1./s1. The number of rotatable bonds is 2. The Kier molecular flexibility index (Phi) is 5.42. The van der Waals surface area contributed by atoms with E-state index in [9.17, 15) is 13.2 Å². The molecule has 1 aromatic carbocycles. The van der Waals surface area contributed by atoms with Crippen molar-refractivity contribution >= 4 is 24.0 Å². The van der Waals surface area contributed by atoms with Gasteiger partial charge in [-0.3, -0.25) is 0 Å². The predicted molar refractivity (Wildman–Crippen MR) is 56.3 cm³/mol. The van der Waals surface area contributed by atoms with Crippen LogP contribution in [0.2, 0.25) is 5.02 Å². The molecule has 0 amide bonds. The van der Waals surface area contributed by atoms with Gasteiger partial charge in [0.25, 0.3) is 6.43 Å². The molecule has 0 heterocycles. The second-order valence-corrected chi connectivity index (χ2v) is 3.33. The van der Waals surface area contributed by atoms with E-state index in [4.69, 9.17) is 17.3 Å². The average molecular weight is 260 g/mol. The Balaban J connectivity index is 0.00000196. The number of hydrogen-bond donors (Lipinski definition) is 1. The van der Waals surface area contributed by atoms with E-state index < -0.39 is 18.3 Å². The van der Waals surface area contributed by atoms with E-state index in [2.05, 4.69) is 0 Å². The second kappa shape index (κ2) is 5.58. The molecule has 0 aromatic heterocycles. The molecule has 0 unspecified atom stereocenters. The van der Waals surface area contributed by atoms with E-state index >= 15 is 0 Å². The van der Waals surface area contributed by atoms with Crippen LogP contribution in [0.1, 0.15) is 17.2 Å². The Morgan fingerprint density at radius 1 is 1.33 bits per heavy atom. The molecule has 0 spiro atoms. The Hall–Kier alpha value is -0.450. The minimum atomic E-state index is -2.83. The van der Waals surface area contributed by atoms with Crippen molar-refractivity contribution in [1.82, 2.24) is 0 Å². The second-order valence-electron chi connectivity index (χ2n) is 2.95. The lowest BCUT2D eigenvalue weighted by Gasteiger charge is -2.14. The Morgan fingerprint density at radius 3 is 2.33 bits per heavy atom. The van der Waals surface area contributed by atoms with E-state index in [1.165, 1.54) is 6.07 Å². The first-order chi connectivity index (χ1) is 6.45. The van der Waals surface area contributed by atoms with Crippen LogP contribution in [0.4, 0.5) is 13.2 Å². The van der Waals surface area contributed by atoms with Gasteiger partial charge in [0.2, 0.25) is 0 Å². The highest BCUT2D eigenvalue weighted by Gasteiger charge is 2.24. The number of halogens is 5. The third-order valence-corrected chi connectivity index (χ3v) is 2.43. The molecule has 15 heavy (non-hydrogen) atoms. The SMILES string of the molecule is Cc1ccc(F)c([C@@H](N)C(F)F)c1Cl.Cl. The monoisotopic (exact) mass is 259 g/mol. The molecule has 1 rings (SSSR count). The fourth-order valence-electron chi connectivity index (χ4n) is 1.11. The van der Waals surface area contributed by atoms with Crippen molar-refractivity contribution < 1.29 is 13.2 Å². The first kappa shape index (κ1) is 14.5. The summed E-state index contributed by atoms with van der Waals surface area (Å²) in [6, 6.07) is 0.820. The summed E-state index contributed by atoms with van der Waals surface area (Å²) < 4.78 is 37.7. The van der Waals surface area contributed by atoms with E-state index in [-0.39, 0.29) is 23.0 Å². The van der Waals surface area contributed by atoms with Gasteiger partial charge in [0.05, 0.1) is 11.1 Å². The number of alkyl halides is 2. The Morgan fingerprint density at radius 2 is 1.87 bits per heavy atom. The molecule has 0 aliphatic rings. The van der Waals surface area contributed by atoms with Gasteiger partial charge in [-0.15, -0.1) is 12.4 Å². The van der Waals surface area contributed by atoms with Gasteiger partial charge in [0, 0.05) is 5.56 Å². The van der Waals surface area contributed by atoms with Crippen molar-refractivity contribution in [2.75, 3.05) is 0 Å². The number of benzene rings is 1. The van der Waals surface area contributed by atoms with Crippen LogP contribution in [0.25, 0.3) is 0 Å². The minimum absolute atomic E-state index is 0. The molecule has 0 saturated carbocycles. The minimum Gasteiger partial charge on any atom is -0.319 e. The molecule has 0 saturated heterocycles. The van der Waals surface area contributed by atoms with Crippen LogP contribution in [0.15, 0.2) is 12.1 Å². The quantitative estimate of drug-likeness (QED) is 0.865. The van der Waals surface area contributed by atoms with Crippen LogP contribution in [-0.4, -0.2) is 6.43 Å². The molecule has 0 aliphatic heterocycles. The van der Waals surface area contributed by atoms with E-state index in [0.717, 1.165) is 6.07 Å². The number of nitrogens with two attached hydrogens (primary N) is 1. The average Bonchev–Trinajstić information content (AvgIpc) is 2.12. The molecule has 1 nitrogen and oxygen atoms in total. The van der Waals surface area contributed by atoms with Crippen molar-refractivity contribution in [3.63, 3.8) is 0 Å². The fraction of sp³-hybridized carbons (Fsp3) is 0.333. The van der Waals surface area contributed by atoms with Crippen molar-refractivity contribution in [1.29, 1.82) is 0 Å². The molecule has 86 valence electrons. The van der Waals surface area contributed by atoms with Crippen molar-refractivity contribution in [2.45, 2.75) is 19.4 Å². The van der Waals surface area contributed by atoms with Gasteiger partial charge in [-0.1, -0.05) is 17.7 Å². The van der Waals surface area contributed by atoms with Gasteiger partial charge in [0.15, 0.2) is 0 Å². The van der Waals surface area contributed by atoms with E-state index in [1.54, 1.807) is 6.92 Å². The van der Waals surface area contributed by atoms with Gasteiger partial charge in [0.1, 0.15) is 5.82 Å². The summed E-state index contributed by atoms with van der Waals surface area (Å²) >= 11 is 5.68. The molecule has 0 aliphatic carbocycles.